The largest absolute Gasteiger partial charge is 0.338 e. The molecule has 0 aliphatic heterocycles. The lowest BCUT2D eigenvalue weighted by Gasteiger charge is -2.38. The summed E-state index contributed by atoms with van der Waals surface area (Å²) < 4.78 is 0.955. The fraction of sp³-hybridized carbons (Fsp3) is 0.556. The normalized spacial score (nSPS) is 11.3. The zero-order valence-corrected chi connectivity index (χ0v) is 17.1. The van der Waals surface area contributed by atoms with Crippen molar-refractivity contribution in [1.29, 1.82) is 0 Å². The summed E-state index contributed by atoms with van der Waals surface area (Å²) in [7, 11) is 4.05. The van der Waals surface area contributed by atoms with Gasteiger partial charge in [-0.1, -0.05) is 29.8 Å². The average Bonchev–Trinajstić information content (AvgIpc) is 2.58. The first-order valence-corrected chi connectivity index (χ1v) is 9.37. The molecule has 1 rings (SSSR count). The summed E-state index contributed by atoms with van der Waals surface area (Å²) in [4.78, 5) is 26.0. The highest BCUT2D eigenvalue weighted by molar-refractivity contribution is 9.10. The first kappa shape index (κ1) is 21.4. The van der Waals surface area contributed by atoms with Crippen LogP contribution >= 0.6 is 15.9 Å². The maximum atomic E-state index is 11.9. The van der Waals surface area contributed by atoms with Crippen LogP contribution in [0.25, 0.3) is 0 Å². The lowest BCUT2D eigenvalue weighted by Crippen LogP contribution is -2.53. The minimum absolute atomic E-state index is 0.0453. The van der Waals surface area contributed by atoms with Gasteiger partial charge in [-0.3, -0.25) is 4.79 Å². The second kappa shape index (κ2) is 10.4. The van der Waals surface area contributed by atoms with Crippen LogP contribution in [0.3, 0.4) is 0 Å². The molecule has 0 heterocycles. The second-order valence-electron chi connectivity index (χ2n) is 6.24. The Morgan fingerprint density at radius 3 is 2.20 bits per heavy atom. The third-order valence-electron chi connectivity index (χ3n) is 4.61. The molecule has 0 radical (unpaired) electrons. The van der Waals surface area contributed by atoms with E-state index in [1.165, 1.54) is 0 Å². The summed E-state index contributed by atoms with van der Waals surface area (Å²) in [6.07, 6.45) is 2.13. The van der Waals surface area contributed by atoms with Crippen LogP contribution in [0, 0.1) is 0 Å². The summed E-state index contributed by atoms with van der Waals surface area (Å²) in [5.41, 5.74) is 0.690. The van der Waals surface area contributed by atoms with Gasteiger partial charge in [-0.15, -0.1) is 0 Å². The Labute approximate surface area is 158 Å². The number of hydrogen-bond donors (Lipinski definition) is 3. The maximum Gasteiger partial charge on any atom is 0.314 e. The molecule has 0 saturated heterocycles. The molecule has 3 amide bonds. The van der Waals surface area contributed by atoms with Crippen molar-refractivity contribution in [3.63, 3.8) is 0 Å². The highest BCUT2D eigenvalue weighted by atomic mass is 79.9. The van der Waals surface area contributed by atoms with Crippen molar-refractivity contribution in [2.45, 2.75) is 38.6 Å². The van der Waals surface area contributed by atoms with Gasteiger partial charge in [0.2, 0.25) is 5.91 Å². The molecule has 25 heavy (non-hydrogen) atoms. The number of nitrogens with zero attached hydrogens (tertiary/aromatic N) is 1. The van der Waals surface area contributed by atoms with Crippen LogP contribution < -0.4 is 16.0 Å². The molecule has 0 unspecified atom stereocenters. The molecule has 0 aliphatic carbocycles. The molecule has 0 bridgehead atoms. The van der Waals surface area contributed by atoms with Crippen LogP contribution in [-0.4, -0.2) is 49.6 Å². The van der Waals surface area contributed by atoms with Gasteiger partial charge in [0.15, 0.2) is 0 Å². The fourth-order valence-corrected chi connectivity index (χ4v) is 2.91. The highest BCUT2D eigenvalue weighted by Crippen LogP contribution is 2.20. The standard InChI is InChI=1S/C18H29BrN4O2/c1-5-18(6-2,23(3)4)13-21-17(25)20-12-11-16(24)22-15-9-7-14(19)8-10-15/h7-10H,5-6,11-13H2,1-4H3,(H,22,24)(H2,20,21,25). The molecular formula is C18H29BrN4O2. The van der Waals surface area contributed by atoms with E-state index in [4.69, 9.17) is 0 Å². The first-order chi connectivity index (χ1) is 11.8. The van der Waals surface area contributed by atoms with Crippen LogP contribution in [0.2, 0.25) is 0 Å². The fourth-order valence-electron chi connectivity index (χ4n) is 2.64. The minimum Gasteiger partial charge on any atom is -0.338 e. The first-order valence-electron chi connectivity index (χ1n) is 8.57. The van der Waals surface area contributed by atoms with E-state index in [1.54, 1.807) is 0 Å². The number of benzene rings is 1. The number of carbonyl (C=O) groups excluding carboxylic acids is 2. The third-order valence-corrected chi connectivity index (χ3v) is 5.14. The Balaban J connectivity index is 2.32. The van der Waals surface area contributed by atoms with Gasteiger partial charge in [0.1, 0.15) is 0 Å². The number of carbonyl (C=O) groups is 2. The predicted molar refractivity (Wildman–Crippen MR) is 106 cm³/mol. The summed E-state index contributed by atoms with van der Waals surface area (Å²) in [6, 6.07) is 7.11. The molecule has 1 aromatic carbocycles. The second-order valence-corrected chi connectivity index (χ2v) is 7.16. The number of anilines is 1. The van der Waals surface area contributed by atoms with Gasteiger partial charge in [-0.05, 0) is 51.2 Å². The van der Waals surface area contributed by atoms with Crippen molar-refractivity contribution < 1.29 is 9.59 Å². The van der Waals surface area contributed by atoms with Crippen LogP contribution in [0.5, 0.6) is 0 Å². The van der Waals surface area contributed by atoms with E-state index in [9.17, 15) is 9.59 Å². The van der Waals surface area contributed by atoms with E-state index in [2.05, 4.69) is 50.6 Å². The number of rotatable bonds is 9. The number of amides is 3. The van der Waals surface area contributed by atoms with Crippen LogP contribution in [0.15, 0.2) is 28.7 Å². The average molecular weight is 413 g/mol. The lowest BCUT2D eigenvalue weighted by molar-refractivity contribution is -0.116. The van der Waals surface area contributed by atoms with E-state index in [0.29, 0.717) is 13.1 Å². The molecule has 7 heteroatoms. The number of likely N-dealkylation sites (N-methyl/N-ethyl adjacent to an activating group) is 1. The predicted octanol–water partition coefficient (Wildman–Crippen LogP) is 3.20. The molecule has 6 nitrogen and oxygen atoms in total. The Hall–Kier alpha value is -1.60. The highest BCUT2D eigenvalue weighted by Gasteiger charge is 2.28. The van der Waals surface area contributed by atoms with Crippen molar-refractivity contribution in [2.75, 3.05) is 32.5 Å². The van der Waals surface area contributed by atoms with Gasteiger partial charge in [0.25, 0.3) is 0 Å². The van der Waals surface area contributed by atoms with Gasteiger partial charge < -0.3 is 20.9 Å². The van der Waals surface area contributed by atoms with Crippen LogP contribution in [0.1, 0.15) is 33.1 Å². The molecule has 0 spiro atoms. The molecule has 140 valence electrons. The number of halogens is 1. The quantitative estimate of drug-likeness (QED) is 0.582. The van der Waals surface area contributed by atoms with Crippen molar-refractivity contribution in [1.82, 2.24) is 15.5 Å². The van der Waals surface area contributed by atoms with Crippen LogP contribution in [-0.2, 0) is 4.79 Å². The molecule has 0 fully saturated rings. The molecule has 1 aromatic rings. The number of hydrogen-bond acceptors (Lipinski definition) is 3. The topological polar surface area (TPSA) is 73.5 Å². The van der Waals surface area contributed by atoms with Gasteiger partial charge in [0.05, 0.1) is 0 Å². The molecule has 0 aliphatic rings. The maximum absolute atomic E-state index is 11.9. The summed E-state index contributed by atoms with van der Waals surface area (Å²) in [6.45, 7) is 5.11. The molecule has 3 N–H and O–H groups in total. The smallest absolute Gasteiger partial charge is 0.314 e. The third kappa shape index (κ3) is 7.04. The molecular weight excluding hydrogens is 384 g/mol. The lowest BCUT2D eigenvalue weighted by atomic mass is 9.91. The number of nitrogens with one attached hydrogen (secondary N) is 3. The minimum atomic E-state index is -0.246. The molecule has 0 atom stereocenters. The monoisotopic (exact) mass is 412 g/mol. The van der Waals surface area contributed by atoms with Crippen LogP contribution in [0.4, 0.5) is 10.5 Å². The van der Waals surface area contributed by atoms with Crippen molar-refractivity contribution in [3.05, 3.63) is 28.7 Å². The van der Waals surface area contributed by atoms with Gasteiger partial charge in [0, 0.05) is 35.2 Å². The van der Waals surface area contributed by atoms with E-state index in [1.807, 2.05) is 38.4 Å². The Bertz CT molecular complexity index is 557. The van der Waals surface area contributed by atoms with E-state index in [0.717, 1.165) is 23.0 Å². The van der Waals surface area contributed by atoms with Crippen molar-refractivity contribution in [3.8, 4) is 0 Å². The van der Waals surface area contributed by atoms with E-state index in [-0.39, 0.29) is 23.9 Å². The number of urea groups is 1. The molecule has 0 saturated carbocycles. The molecule has 0 aromatic heterocycles. The SMILES string of the molecule is CCC(CC)(CNC(=O)NCCC(=O)Nc1ccc(Br)cc1)N(C)C. The summed E-state index contributed by atoms with van der Waals surface area (Å²) in [5, 5.41) is 8.43. The zero-order valence-electron chi connectivity index (χ0n) is 15.5. The van der Waals surface area contributed by atoms with E-state index >= 15 is 0 Å². The van der Waals surface area contributed by atoms with Crippen molar-refractivity contribution >= 4 is 33.6 Å². The van der Waals surface area contributed by atoms with Gasteiger partial charge in [-0.2, -0.15) is 0 Å². The van der Waals surface area contributed by atoms with Crippen molar-refractivity contribution in [2.24, 2.45) is 0 Å². The summed E-state index contributed by atoms with van der Waals surface area (Å²) >= 11 is 3.35. The van der Waals surface area contributed by atoms with Gasteiger partial charge >= 0.3 is 6.03 Å². The van der Waals surface area contributed by atoms with Gasteiger partial charge in [-0.25, -0.2) is 4.79 Å². The summed E-state index contributed by atoms with van der Waals surface area (Å²) in [5.74, 6) is -0.132. The Morgan fingerprint density at radius 2 is 1.68 bits per heavy atom. The Morgan fingerprint density at radius 1 is 1.08 bits per heavy atom. The van der Waals surface area contributed by atoms with E-state index < -0.39 is 0 Å². The Kier molecular flexibility index (Phi) is 8.92. The zero-order chi connectivity index (χ0) is 18.9.